The van der Waals surface area contributed by atoms with Gasteiger partial charge in [-0.05, 0) is 35.4 Å². The number of hydrogen-bond acceptors (Lipinski definition) is 3. The second-order valence-electron chi connectivity index (χ2n) is 4.83. The molecule has 1 fully saturated rings. The third kappa shape index (κ3) is 2.94. The zero-order chi connectivity index (χ0) is 13.1. The van der Waals surface area contributed by atoms with Gasteiger partial charge in [-0.3, -0.25) is 0 Å². The van der Waals surface area contributed by atoms with Crippen LogP contribution in [0, 0.1) is 0 Å². The topological polar surface area (TPSA) is 15.3 Å². The number of nitrogens with zero attached hydrogens (tertiary/aromatic N) is 1. The minimum Gasteiger partial charge on any atom is -0.369 e. The van der Waals surface area contributed by atoms with E-state index in [0.29, 0.717) is 0 Å². The third-order valence-electron chi connectivity index (χ3n) is 3.53. The highest BCUT2D eigenvalue weighted by molar-refractivity contribution is 7.80. The molecular weight excluding hydrogens is 252 g/mol. The van der Waals surface area contributed by atoms with Crippen LogP contribution in [0.15, 0.2) is 53.4 Å². The Morgan fingerprint density at radius 3 is 2.32 bits per heavy atom. The highest BCUT2D eigenvalue weighted by Gasteiger charge is 2.10. The second kappa shape index (κ2) is 5.68. The lowest BCUT2D eigenvalue weighted by Gasteiger charge is -2.29. The van der Waals surface area contributed by atoms with Crippen molar-refractivity contribution in [2.45, 2.75) is 4.90 Å². The predicted octanol–water partition coefficient (Wildman–Crippen LogP) is 3.05. The molecule has 0 unspecified atom stereocenters. The van der Waals surface area contributed by atoms with Crippen molar-refractivity contribution in [3.63, 3.8) is 0 Å². The van der Waals surface area contributed by atoms with Crippen molar-refractivity contribution in [3.05, 3.63) is 48.5 Å². The Bertz CT molecular complexity index is 545. The van der Waals surface area contributed by atoms with Gasteiger partial charge in [0.15, 0.2) is 0 Å². The molecular formula is C16H18N2S. The van der Waals surface area contributed by atoms with Gasteiger partial charge in [0.25, 0.3) is 0 Å². The summed E-state index contributed by atoms with van der Waals surface area (Å²) in [6.07, 6.45) is 0. The first-order valence-corrected chi connectivity index (χ1v) is 7.13. The van der Waals surface area contributed by atoms with E-state index in [2.05, 4.69) is 59.2 Å². The van der Waals surface area contributed by atoms with Crippen LogP contribution in [0.4, 0.5) is 5.69 Å². The molecule has 0 bridgehead atoms. The smallest absolute Gasteiger partial charge is 0.0367 e. The van der Waals surface area contributed by atoms with Gasteiger partial charge in [0.1, 0.15) is 0 Å². The van der Waals surface area contributed by atoms with Crippen molar-refractivity contribution in [2.24, 2.45) is 0 Å². The van der Waals surface area contributed by atoms with Gasteiger partial charge in [0, 0.05) is 36.8 Å². The van der Waals surface area contributed by atoms with Crippen LogP contribution in [0.3, 0.4) is 0 Å². The molecule has 3 heteroatoms. The van der Waals surface area contributed by atoms with Crippen LogP contribution in [0.25, 0.3) is 11.1 Å². The third-order valence-corrected chi connectivity index (χ3v) is 3.81. The Kier molecular flexibility index (Phi) is 3.76. The summed E-state index contributed by atoms with van der Waals surface area (Å²) in [4.78, 5) is 3.43. The van der Waals surface area contributed by atoms with E-state index < -0.39 is 0 Å². The second-order valence-corrected chi connectivity index (χ2v) is 5.35. The monoisotopic (exact) mass is 270 g/mol. The maximum absolute atomic E-state index is 4.39. The van der Waals surface area contributed by atoms with Crippen LogP contribution < -0.4 is 10.2 Å². The Balaban J connectivity index is 1.82. The Morgan fingerprint density at radius 1 is 0.895 bits per heavy atom. The molecule has 2 nitrogen and oxygen atoms in total. The SMILES string of the molecule is Sc1cccc(-c2ccc(N3CCNCC3)cc2)c1. The van der Waals surface area contributed by atoms with Crippen molar-refractivity contribution >= 4 is 18.3 Å². The molecule has 0 atom stereocenters. The van der Waals surface area contributed by atoms with Crippen LogP contribution in [-0.2, 0) is 0 Å². The summed E-state index contributed by atoms with van der Waals surface area (Å²) in [5, 5.41) is 3.38. The molecule has 2 aromatic rings. The van der Waals surface area contributed by atoms with Gasteiger partial charge in [-0.15, -0.1) is 12.6 Å². The molecule has 0 radical (unpaired) electrons. The van der Waals surface area contributed by atoms with Gasteiger partial charge in [-0.2, -0.15) is 0 Å². The molecule has 1 aliphatic rings. The molecule has 0 spiro atoms. The van der Waals surface area contributed by atoms with Gasteiger partial charge >= 0.3 is 0 Å². The van der Waals surface area contributed by atoms with Crippen LogP contribution in [0.2, 0.25) is 0 Å². The molecule has 1 N–H and O–H groups in total. The molecule has 0 aromatic heterocycles. The lowest BCUT2D eigenvalue weighted by atomic mass is 10.1. The van der Waals surface area contributed by atoms with Crippen molar-refractivity contribution in [1.82, 2.24) is 5.32 Å². The molecule has 2 aromatic carbocycles. The predicted molar refractivity (Wildman–Crippen MR) is 84.2 cm³/mol. The summed E-state index contributed by atoms with van der Waals surface area (Å²) >= 11 is 4.39. The summed E-state index contributed by atoms with van der Waals surface area (Å²) in [5.41, 5.74) is 3.78. The first-order valence-electron chi connectivity index (χ1n) is 6.68. The zero-order valence-electron chi connectivity index (χ0n) is 10.8. The summed E-state index contributed by atoms with van der Waals surface area (Å²) < 4.78 is 0. The summed E-state index contributed by atoms with van der Waals surface area (Å²) in [7, 11) is 0. The number of anilines is 1. The highest BCUT2D eigenvalue weighted by Crippen LogP contribution is 2.25. The molecule has 19 heavy (non-hydrogen) atoms. The minimum absolute atomic E-state index is 1.00. The number of rotatable bonds is 2. The van der Waals surface area contributed by atoms with Gasteiger partial charge in [0.2, 0.25) is 0 Å². The summed E-state index contributed by atoms with van der Waals surface area (Å²) in [5.74, 6) is 0. The van der Waals surface area contributed by atoms with Crippen molar-refractivity contribution < 1.29 is 0 Å². The zero-order valence-corrected chi connectivity index (χ0v) is 11.7. The van der Waals surface area contributed by atoms with E-state index >= 15 is 0 Å². The molecule has 0 aliphatic carbocycles. The van der Waals surface area contributed by atoms with E-state index in [4.69, 9.17) is 0 Å². The lowest BCUT2D eigenvalue weighted by Crippen LogP contribution is -2.43. The lowest BCUT2D eigenvalue weighted by molar-refractivity contribution is 0.589. The van der Waals surface area contributed by atoms with E-state index in [1.165, 1.54) is 16.8 Å². The largest absolute Gasteiger partial charge is 0.369 e. The maximum Gasteiger partial charge on any atom is 0.0367 e. The number of piperazine rings is 1. The first kappa shape index (κ1) is 12.6. The molecule has 98 valence electrons. The van der Waals surface area contributed by atoms with Crippen LogP contribution >= 0.6 is 12.6 Å². The molecule has 1 saturated heterocycles. The average Bonchev–Trinajstić information content (AvgIpc) is 2.48. The van der Waals surface area contributed by atoms with E-state index in [0.717, 1.165) is 31.1 Å². The first-order chi connectivity index (χ1) is 9.33. The van der Waals surface area contributed by atoms with E-state index in [9.17, 15) is 0 Å². The molecule has 1 heterocycles. The number of hydrogen-bond donors (Lipinski definition) is 2. The van der Waals surface area contributed by atoms with Gasteiger partial charge in [0.05, 0.1) is 0 Å². The quantitative estimate of drug-likeness (QED) is 0.816. The van der Waals surface area contributed by atoms with E-state index in [1.54, 1.807) is 0 Å². The summed E-state index contributed by atoms with van der Waals surface area (Å²) in [6.45, 7) is 4.32. The fourth-order valence-electron chi connectivity index (χ4n) is 2.47. The number of thiol groups is 1. The van der Waals surface area contributed by atoms with Crippen LogP contribution in [0.5, 0.6) is 0 Å². The Hall–Kier alpha value is -1.45. The molecule has 3 rings (SSSR count). The Labute approximate surface area is 119 Å². The van der Waals surface area contributed by atoms with E-state index in [1.807, 2.05) is 12.1 Å². The van der Waals surface area contributed by atoms with E-state index in [-0.39, 0.29) is 0 Å². The van der Waals surface area contributed by atoms with Crippen LogP contribution in [0.1, 0.15) is 0 Å². The molecule has 0 amide bonds. The van der Waals surface area contributed by atoms with Crippen molar-refractivity contribution in [1.29, 1.82) is 0 Å². The Morgan fingerprint density at radius 2 is 1.63 bits per heavy atom. The van der Waals surface area contributed by atoms with Crippen LogP contribution in [-0.4, -0.2) is 26.2 Å². The molecule has 0 saturated carbocycles. The normalized spacial score (nSPS) is 15.5. The fourth-order valence-corrected chi connectivity index (χ4v) is 2.70. The average molecular weight is 270 g/mol. The van der Waals surface area contributed by atoms with Crippen molar-refractivity contribution in [3.8, 4) is 11.1 Å². The van der Waals surface area contributed by atoms with Gasteiger partial charge in [-0.1, -0.05) is 24.3 Å². The van der Waals surface area contributed by atoms with Gasteiger partial charge < -0.3 is 10.2 Å². The number of benzene rings is 2. The standard InChI is InChI=1S/C16H18N2S/c19-16-3-1-2-14(12-16)13-4-6-15(7-5-13)18-10-8-17-9-11-18/h1-7,12,17,19H,8-11H2. The summed E-state index contributed by atoms with van der Waals surface area (Å²) in [6, 6.07) is 17.1. The number of nitrogens with one attached hydrogen (secondary N) is 1. The molecule has 1 aliphatic heterocycles. The maximum atomic E-state index is 4.39. The van der Waals surface area contributed by atoms with Crippen molar-refractivity contribution in [2.75, 3.05) is 31.1 Å². The highest BCUT2D eigenvalue weighted by atomic mass is 32.1. The minimum atomic E-state index is 1.00. The van der Waals surface area contributed by atoms with Gasteiger partial charge in [-0.25, -0.2) is 0 Å². The fraction of sp³-hybridized carbons (Fsp3) is 0.250.